The standard InChI is InChI=1S/C34H36FN3O2/c35-26-10-7-24(8-11-26)32-31-18-29-28(23-4-3-5-23)12-9-25-19-34(39-16-17-40-34)14-13-33(25,20-27-6-1-2-15-36-27)30(29)21-38(31)22-37-32/h1-2,6-8,10-11,15,18,21-23,25,28H,3-5,9,12-14,16-17,19-20H2/t25-,28?,33+/m1/s1. The van der Waals surface area contributed by atoms with E-state index in [9.17, 15) is 4.39 Å². The van der Waals surface area contributed by atoms with Crippen LogP contribution in [0.2, 0.25) is 0 Å². The molecule has 40 heavy (non-hydrogen) atoms. The zero-order valence-corrected chi connectivity index (χ0v) is 22.9. The first-order valence-corrected chi connectivity index (χ1v) is 15.1. The van der Waals surface area contributed by atoms with Gasteiger partial charge in [0.2, 0.25) is 0 Å². The van der Waals surface area contributed by atoms with Crippen LogP contribution in [0.3, 0.4) is 0 Å². The van der Waals surface area contributed by atoms with E-state index in [-0.39, 0.29) is 11.2 Å². The molecule has 2 saturated carbocycles. The second-order valence-electron chi connectivity index (χ2n) is 12.6. The summed E-state index contributed by atoms with van der Waals surface area (Å²) in [5, 5.41) is 0. The Morgan fingerprint density at radius 1 is 0.950 bits per heavy atom. The second kappa shape index (κ2) is 9.49. The van der Waals surface area contributed by atoms with E-state index in [4.69, 9.17) is 19.4 Å². The van der Waals surface area contributed by atoms with Gasteiger partial charge in [-0.1, -0.05) is 12.5 Å². The van der Waals surface area contributed by atoms with Gasteiger partial charge in [-0.2, -0.15) is 0 Å². The molecule has 1 aromatic carbocycles. The predicted molar refractivity (Wildman–Crippen MR) is 151 cm³/mol. The van der Waals surface area contributed by atoms with Gasteiger partial charge >= 0.3 is 0 Å². The molecule has 0 bridgehead atoms. The van der Waals surface area contributed by atoms with Gasteiger partial charge in [-0.3, -0.25) is 4.98 Å². The summed E-state index contributed by atoms with van der Waals surface area (Å²) >= 11 is 0. The summed E-state index contributed by atoms with van der Waals surface area (Å²) in [5.74, 6) is 1.07. The Hall–Kier alpha value is -3.09. The zero-order valence-electron chi connectivity index (χ0n) is 22.9. The Kier molecular flexibility index (Phi) is 5.86. The summed E-state index contributed by atoms with van der Waals surface area (Å²) in [6.45, 7) is 1.39. The lowest BCUT2D eigenvalue weighted by molar-refractivity contribution is -0.199. The number of ether oxygens (including phenoxy) is 2. The van der Waals surface area contributed by atoms with Gasteiger partial charge in [0, 0.05) is 41.9 Å². The van der Waals surface area contributed by atoms with Crippen molar-refractivity contribution in [2.24, 2.45) is 11.8 Å². The molecule has 4 aromatic rings. The molecule has 1 aliphatic heterocycles. The van der Waals surface area contributed by atoms with E-state index in [1.165, 1.54) is 55.4 Å². The number of fused-ring (bicyclic) bond motifs is 4. The third-order valence-corrected chi connectivity index (χ3v) is 10.6. The molecule has 1 spiro atoms. The van der Waals surface area contributed by atoms with Crippen LogP contribution in [0.4, 0.5) is 4.39 Å². The number of benzene rings is 1. The smallest absolute Gasteiger partial charge is 0.168 e. The summed E-state index contributed by atoms with van der Waals surface area (Å²) in [7, 11) is 0. The van der Waals surface area contributed by atoms with Crippen LogP contribution in [-0.4, -0.2) is 33.4 Å². The van der Waals surface area contributed by atoms with Crippen LogP contribution in [0.5, 0.6) is 0 Å². The number of nitrogens with zero attached hydrogens (tertiary/aromatic N) is 3. The first kappa shape index (κ1) is 24.7. The summed E-state index contributed by atoms with van der Waals surface area (Å²) in [4.78, 5) is 9.68. The number of aromatic nitrogens is 3. The van der Waals surface area contributed by atoms with Gasteiger partial charge in [0.15, 0.2) is 5.79 Å². The summed E-state index contributed by atoms with van der Waals surface area (Å²) in [5.41, 5.74) is 7.07. The maximum atomic E-state index is 13.7. The molecule has 3 atom stereocenters. The predicted octanol–water partition coefficient (Wildman–Crippen LogP) is 7.24. The topological polar surface area (TPSA) is 48.7 Å². The molecule has 6 heteroatoms. The Balaban J connectivity index is 1.32. The molecule has 3 fully saturated rings. The van der Waals surface area contributed by atoms with Crippen LogP contribution in [0.15, 0.2) is 67.3 Å². The number of rotatable bonds is 4. The Morgan fingerprint density at radius 3 is 2.55 bits per heavy atom. The summed E-state index contributed by atoms with van der Waals surface area (Å²) in [6, 6.07) is 15.5. The third kappa shape index (κ3) is 3.94. The van der Waals surface area contributed by atoms with E-state index < -0.39 is 5.79 Å². The fraction of sp³-hybridized carbons (Fsp3) is 0.471. The van der Waals surface area contributed by atoms with Crippen molar-refractivity contribution in [3.05, 3.63) is 89.9 Å². The maximum Gasteiger partial charge on any atom is 0.168 e. The molecule has 0 radical (unpaired) electrons. The van der Waals surface area contributed by atoms with Crippen molar-refractivity contribution in [2.45, 2.75) is 74.9 Å². The van der Waals surface area contributed by atoms with Crippen molar-refractivity contribution in [1.82, 2.24) is 14.4 Å². The number of halogens is 1. The van der Waals surface area contributed by atoms with E-state index in [0.717, 1.165) is 54.1 Å². The minimum Gasteiger partial charge on any atom is -0.348 e. The number of pyridine rings is 2. The molecule has 4 heterocycles. The fourth-order valence-electron chi connectivity index (χ4n) is 8.41. The SMILES string of the molecule is Fc1ccc(-c2ncn3cc4c(cc23)C(C2CCC2)CC[C@@H]2CC3(CC[C@@]42Cc2ccccn2)OCCO3)cc1. The first-order valence-electron chi connectivity index (χ1n) is 15.1. The quantitative estimate of drug-likeness (QED) is 0.275. The number of hydrogen-bond acceptors (Lipinski definition) is 4. The molecule has 206 valence electrons. The second-order valence-corrected chi connectivity index (χ2v) is 12.6. The van der Waals surface area contributed by atoms with E-state index in [0.29, 0.717) is 25.0 Å². The van der Waals surface area contributed by atoms with Gasteiger partial charge in [-0.05, 0) is 110 Å². The van der Waals surface area contributed by atoms with E-state index in [1.807, 2.05) is 30.7 Å². The third-order valence-electron chi connectivity index (χ3n) is 10.6. The Bertz CT molecular complexity index is 1520. The molecule has 3 aliphatic carbocycles. The molecule has 1 saturated heterocycles. The maximum absolute atomic E-state index is 13.7. The normalized spacial score (nSPS) is 27.7. The Labute approximate surface area is 234 Å². The molecule has 0 N–H and O–H groups in total. The van der Waals surface area contributed by atoms with Crippen LogP contribution in [0.1, 0.15) is 74.1 Å². The highest BCUT2D eigenvalue weighted by atomic mass is 19.1. The molecule has 1 unspecified atom stereocenters. The molecule has 4 aliphatic rings. The van der Waals surface area contributed by atoms with Gasteiger partial charge in [0.05, 0.1) is 30.8 Å². The zero-order chi connectivity index (χ0) is 26.7. The van der Waals surface area contributed by atoms with Crippen molar-refractivity contribution in [1.29, 1.82) is 0 Å². The fourth-order valence-corrected chi connectivity index (χ4v) is 8.41. The highest BCUT2D eigenvalue weighted by Crippen LogP contribution is 2.58. The van der Waals surface area contributed by atoms with Crippen molar-refractivity contribution in [3.8, 4) is 11.3 Å². The number of imidazole rings is 1. The largest absolute Gasteiger partial charge is 0.348 e. The van der Waals surface area contributed by atoms with E-state index in [1.54, 1.807) is 0 Å². The number of hydrogen-bond donors (Lipinski definition) is 0. The highest BCUT2D eigenvalue weighted by molar-refractivity contribution is 5.78. The van der Waals surface area contributed by atoms with Gasteiger partial charge < -0.3 is 13.9 Å². The molecule has 3 aromatic heterocycles. The lowest BCUT2D eigenvalue weighted by atomic mass is 9.58. The van der Waals surface area contributed by atoms with Crippen LogP contribution >= 0.6 is 0 Å². The average molecular weight is 538 g/mol. The molecular weight excluding hydrogens is 501 g/mol. The van der Waals surface area contributed by atoms with Crippen molar-refractivity contribution in [2.75, 3.05) is 13.2 Å². The molecule has 0 amide bonds. The van der Waals surface area contributed by atoms with E-state index in [2.05, 4.69) is 28.8 Å². The van der Waals surface area contributed by atoms with Crippen LogP contribution in [-0.2, 0) is 21.3 Å². The van der Waals surface area contributed by atoms with Gasteiger partial charge in [-0.25, -0.2) is 9.37 Å². The van der Waals surface area contributed by atoms with Crippen LogP contribution < -0.4 is 0 Å². The lowest BCUT2D eigenvalue weighted by Gasteiger charge is -2.50. The highest BCUT2D eigenvalue weighted by Gasteiger charge is 2.55. The lowest BCUT2D eigenvalue weighted by Crippen LogP contribution is -2.49. The molecule has 5 nitrogen and oxygen atoms in total. The van der Waals surface area contributed by atoms with Gasteiger partial charge in [0.25, 0.3) is 0 Å². The Morgan fingerprint density at radius 2 is 1.80 bits per heavy atom. The summed E-state index contributed by atoms with van der Waals surface area (Å²) < 4.78 is 28.6. The van der Waals surface area contributed by atoms with Crippen LogP contribution in [0, 0.1) is 17.7 Å². The minimum absolute atomic E-state index is 0.0444. The van der Waals surface area contributed by atoms with Crippen molar-refractivity contribution < 1.29 is 13.9 Å². The van der Waals surface area contributed by atoms with Gasteiger partial charge in [-0.15, -0.1) is 0 Å². The van der Waals surface area contributed by atoms with Crippen molar-refractivity contribution in [3.63, 3.8) is 0 Å². The van der Waals surface area contributed by atoms with Gasteiger partial charge in [0.1, 0.15) is 5.82 Å². The summed E-state index contributed by atoms with van der Waals surface area (Å²) in [6.07, 6.45) is 16.4. The van der Waals surface area contributed by atoms with E-state index >= 15 is 0 Å². The van der Waals surface area contributed by atoms with Crippen LogP contribution in [0.25, 0.3) is 16.8 Å². The molecule has 8 rings (SSSR count). The first-order chi connectivity index (χ1) is 19.6. The average Bonchev–Trinajstić information content (AvgIpc) is 3.56. The monoisotopic (exact) mass is 537 g/mol. The minimum atomic E-state index is -0.427. The van der Waals surface area contributed by atoms with Crippen molar-refractivity contribution >= 4 is 5.52 Å². The molecular formula is C34H36FN3O2.